The van der Waals surface area contributed by atoms with Crippen molar-refractivity contribution in [3.63, 3.8) is 0 Å². The van der Waals surface area contributed by atoms with Gasteiger partial charge in [0.2, 0.25) is 0 Å². The van der Waals surface area contributed by atoms with Crippen LogP contribution < -0.4 is 5.73 Å². The van der Waals surface area contributed by atoms with Gasteiger partial charge >= 0.3 is 24.3 Å². The minimum Gasteiger partial charge on any atom is -0.481 e. The standard InChI is InChI=1S/C14H13F6NO4/c1-25-12(24)7(5-10(22)23)2-6-3-8(13(15,16)17)11(21)9(4-6)14(18,19)20/h3-4,7H,2,5,21H2,1H3,(H,22,23)/t7-/m0/s1. The van der Waals surface area contributed by atoms with Gasteiger partial charge in [0.1, 0.15) is 0 Å². The fourth-order valence-electron chi connectivity index (χ4n) is 2.20. The van der Waals surface area contributed by atoms with Gasteiger partial charge in [-0.3, -0.25) is 9.59 Å². The van der Waals surface area contributed by atoms with Crippen LogP contribution in [0.3, 0.4) is 0 Å². The van der Waals surface area contributed by atoms with E-state index in [0.717, 1.165) is 7.11 Å². The van der Waals surface area contributed by atoms with E-state index in [1.54, 1.807) is 0 Å². The fraction of sp³-hybridized carbons (Fsp3) is 0.429. The third-order valence-corrected chi connectivity index (χ3v) is 3.29. The second kappa shape index (κ2) is 7.19. The van der Waals surface area contributed by atoms with Crippen molar-refractivity contribution in [3.8, 4) is 0 Å². The maximum absolute atomic E-state index is 12.9. The van der Waals surface area contributed by atoms with Gasteiger partial charge in [-0.15, -0.1) is 0 Å². The summed E-state index contributed by atoms with van der Waals surface area (Å²) in [5.41, 5.74) is -0.453. The summed E-state index contributed by atoms with van der Waals surface area (Å²) in [6.45, 7) is 0. The summed E-state index contributed by atoms with van der Waals surface area (Å²) in [7, 11) is 0.919. The molecule has 0 fully saturated rings. The minimum atomic E-state index is -5.16. The number of halogens is 6. The molecule has 1 atom stereocenters. The summed E-state index contributed by atoms with van der Waals surface area (Å²) in [5.74, 6) is -3.98. The Kier molecular flexibility index (Phi) is 5.92. The van der Waals surface area contributed by atoms with Crippen LogP contribution in [0.5, 0.6) is 0 Å². The summed E-state index contributed by atoms with van der Waals surface area (Å²) in [4.78, 5) is 22.3. The molecule has 0 aliphatic rings. The first kappa shape index (κ1) is 20.6. The molecule has 1 rings (SSSR count). The third kappa shape index (κ3) is 5.26. The molecule has 0 aliphatic carbocycles. The van der Waals surface area contributed by atoms with Gasteiger partial charge in [0.25, 0.3) is 0 Å². The van der Waals surface area contributed by atoms with Crippen LogP contribution in [0, 0.1) is 5.92 Å². The number of carboxylic acid groups (broad SMARTS) is 1. The molecular formula is C14H13F6NO4. The van der Waals surface area contributed by atoms with E-state index < -0.39 is 65.4 Å². The van der Waals surface area contributed by atoms with Gasteiger partial charge in [-0.2, -0.15) is 26.3 Å². The van der Waals surface area contributed by atoms with Crippen molar-refractivity contribution in [1.82, 2.24) is 0 Å². The largest absolute Gasteiger partial charge is 0.481 e. The normalized spacial score (nSPS) is 13.4. The predicted octanol–water partition coefficient (Wildman–Crippen LogP) is 3.11. The zero-order valence-electron chi connectivity index (χ0n) is 12.7. The van der Waals surface area contributed by atoms with E-state index in [4.69, 9.17) is 10.8 Å². The number of methoxy groups -OCH3 is 1. The zero-order valence-corrected chi connectivity index (χ0v) is 12.7. The molecule has 0 spiro atoms. The molecule has 0 saturated carbocycles. The van der Waals surface area contributed by atoms with E-state index in [-0.39, 0.29) is 0 Å². The van der Waals surface area contributed by atoms with Crippen molar-refractivity contribution in [1.29, 1.82) is 0 Å². The Morgan fingerprint density at radius 1 is 1.12 bits per heavy atom. The maximum atomic E-state index is 12.9. The van der Waals surface area contributed by atoms with Gasteiger partial charge in [0.05, 0.1) is 36.3 Å². The molecule has 1 aromatic rings. The number of hydrogen-bond acceptors (Lipinski definition) is 4. The SMILES string of the molecule is COC(=O)[C@H](CC(=O)O)Cc1cc(C(F)(F)F)c(N)c(C(F)(F)F)c1. The first-order chi connectivity index (χ1) is 11.3. The number of aliphatic carboxylic acids is 1. The molecule has 0 unspecified atom stereocenters. The average molecular weight is 373 g/mol. The Bertz CT molecular complexity index is 633. The molecule has 1 aromatic carbocycles. The van der Waals surface area contributed by atoms with Gasteiger partial charge in [0, 0.05) is 0 Å². The molecule has 0 aliphatic heterocycles. The predicted molar refractivity (Wildman–Crippen MR) is 72.3 cm³/mol. The number of alkyl halides is 6. The van der Waals surface area contributed by atoms with Gasteiger partial charge in [-0.05, 0) is 24.1 Å². The van der Waals surface area contributed by atoms with Crippen molar-refractivity contribution < 1.29 is 45.8 Å². The summed E-state index contributed by atoms with van der Waals surface area (Å²) in [5, 5.41) is 8.73. The number of benzene rings is 1. The van der Waals surface area contributed by atoms with Crippen LogP contribution in [0.4, 0.5) is 32.0 Å². The molecule has 0 radical (unpaired) electrons. The number of carbonyl (C=O) groups is 2. The Labute approximate surface area is 137 Å². The topological polar surface area (TPSA) is 89.6 Å². The van der Waals surface area contributed by atoms with Gasteiger partial charge in [-0.1, -0.05) is 0 Å². The molecule has 3 N–H and O–H groups in total. The van der Waals surface area contributed by atoms with Crippen LogP contribution in [-0.2, 0) is 33.1 Å². The quantitative estimate of drug-likeness (QED) is 0.470. The van der Waals surface area contributed by atoms with Gasteiger partial charge in [-0.25, -0.2) is 0 Å². The van der Waals surface area contributed by atoms with Gasteiger partial charge < -0.3 is 15.6 Å². The van der Waals surface area contributed by atoms with Crippen LogP contribution in [0.25, 0.3) is 0 Å². The van der Waals surface area contributed by atoms with Crippen molar-refractivity contribution in [3.05, 3.63) is 28.8 Å². The monoisotopic (exact) mass is 373 g/mol. The maximum Gasteiger partial charge on any atom is 0.418 e. The molecule has 0 saturated heterocycles. The second-order valence-electron chi connectivity index (χ2n) is 5.12. The van der Waals surface area contributed by atoms with Crippen molar-refractivity contribution >= 4 is 17.6 Å². The highest BCUT2D eigenvalue weighted by Gasteiger charge is 2.41. The molecular weight excluding hydrogens is 360 g/mol. The summed E-state index contributed by atoms with van der Waals surface area (Å²) < 4.78 is 81.9. The molecule has 11 heteroatoms. The lowest BCUT2D eigenvalue weighted by Crippen LogP contribution is -2.23. The number of nitrogens with two attached hydrogens (primary N) is 1. The number of rotatable bonds is 5. The number of hydrogen-bond donors (Lipinski definition) is 2. The van der Waals surface area contributed by atoms with Crippen LogP contribution in [0.15, 0.2) is 12.1 Å². The summed E-state index contributed by atoms with van der Waals surface area (Å²) in [6, 6.07) is 0.727. The summed E-state index contributed by atoms with van der Waals surface area (Å²) in [6.07, 6.45) is -11.8. The van der Waals surface area contributed by atoms with Crippen LogP contribution in [-0.4, -0.2) is 24.2 Å². The Morgan fingerprint density at radius 3 is 1.88 bits per heavy atom. The number of carboxylic acids is 1. The number of ether oxygens (including phenoxy) is 1. The van der Waals surface area contributed by atoms with Crippen molar-refractivity contribution in [2.24, 2.45) is 5.92 Å². The van der Waals surface area contributed by atoms with E-state index in [1.807, 2.05) is 0 Å². The number of anilines is 1. The number of nitrogen functional groups attached to an aromatic ring is 1. The van der Waals surface area contributed by atoms with Crippen LogP contribution >= 0.6 is 0 Å². The van der Waals surface area contributed by atoms with E-state index in [0.29, 0.717) is 12.1 Å². The molecule has 0 heterocycles. The minimum absolute atomic E-state index is 0.363. The molecule has 0 bridgehead atoms. The zero-order chi connectivity index (χ0) is 19.6. The highest BCUT2D eigenvalue weighted by Crippen LogP contribution is 2.42. The highest BCUT2D eigenvalue weighted by molar-refractivity contribution is 5.79. The van der Waals surface area contributed by atoms with E-state index >= 15 is 0 Å². The fourth-order valence-corrected chi connectivity index (χ4v) is 2.20. The van der Waals surface area contributed by atoms with E-state index in [9.17, 15) is 35.9 Å². The number of esters is 1. The van der Waals surface area contributed by atoms with Crippen molar-refractivity contribution in [2.45, 2.75) is 25.2 Å². The summed E-state index contributed by atoms with van der Waals surface area (Å²) >= 11 is 0. The molecule has 0 amide bonds. The van der Waals surface area contributed by atoms with E-state index in [2.05, 4.69) is 4.74 Å². The Balaban J connectivity index is 3.43. The first-order valence-electron chi connectivity index (χ1n) is 6.63. The lowest BCUT2D eigenvalue weighted by molar-refractivity contribution is -0.150. The highest BCUT2D eigenvalue weighted by atomic mass is 19.4. The lowest BCUT2D eigenvalue weighted by atomic mass is 9.92. The molecule has 0 aromatic heterocycles. The third-order valence-electron chi connectivity index (χ3n) is 3.29. The second-order valence-corrected chi connectivity index (χ2v) is 5.12. The first-order valence-corrected chi connectivity index (χ1v) is 6.63. The molecule has 25 heavy (non-hydrogen) atoms. The average Bonchev–Trinajstić information content (AvgIpc) is 2.44. The van der Waals surface area contributed by atoms with Crippen LogP contribution in [0.1, 0.15) is 23.1 Å². The molecule has 5 nitrogen and oxygen atoms in total. The Morgan fingerprint density at radius 2 is 1.56 bits per heavy atom. The van der Waals surface area contributed by atoms with E-state index in [1.165, 1.54) is 0 Å². The van der Waals surface area contributed by atoms with Crippen molar-refractivity contribution in [2.75, 3.05) is 12.8 Å². The number of carbonyl (C=O) groups excluding carboxylic acids is 1. The van der Waals surface area contributed by atoms with Crippen LogP contribution in [0.2, 0.25) is 0 Å². The molecule has 140 valence electrons. The lowest BCUT2D eigenvalue weighted by Gasteiger charge is -2.19. The Hall–Kier alpha value is -2.46. The smallest absolute Gasteiger partial charge is 0.418 e. The van der Waals surface area contributed by atoms with Gasteiger partial charge in [0.15, 0.2) is 0 Å².